The van der Waals surface area contributed by atoms with E-state index in [0.717, 1.165) is 30.9 Å². The van der Waals surface area contributed by atoms with Crippen LogP contribution in [0.25, 0.3) is 0 Å². The van der Waals surface area contributed by atoms with Crippen LogP contribution in [0.5, 0.6) is 0 Å². The van der Waals surface area contributed by atoms with Crippen molar-refractivity contribution in [2.24, 2.45) is 0 Å². The second kappa shape index (κ2) is 9.72. The molecule has 162 valence electrons. The van der Waals surface area contributed by atoms with E-state index in [1.54, 1.807) is 6.33 Å². The van der Waals surface area contributed by atoms with Gasteiger partial charge in [0.05, 0.1) is 18.9 Å². The summed E-state index contributed by atoms with van der Waals surface area (Å²) in [5.41, 5.74) is 2.24. The van der Waals surface area contributed by atoms with Crippen LogP contribution in [-0.4, -0.2) is 96.5 Å². The average Bonchev–Trinajstić information content (AvgIpc) is 2.90. The molecular formula is C17H24F3N5O4. The molecule has 2 amide bonds. The van der Waals surface area contributed by atoms with Crippen LogP contribution in [0.15, 0.2) is 6.33 Å². The molecule has 12 heteroatoms. The van der Waals surface area contributed by atoms with E-state index in [4.69, 9.17) is 14.6 Å². The highest BCUT2D eigenvalue weighted by atomic mass is 19.4. The molecule has 0 aromatic carbocycles. The number of rotatable bonds is 1. The number of carboxylic acid groups (broad SMARTS) is 1. The number of urea groups is 1. The van der Waals surface area contributed by atoms with Crippen LogP contribution in [0.1, 0.15) is 11.3 Å². The molecule has 1 fully saturated rings. The first-order valence-corrected chi connectivity index (χ1v) is 9.03. The fourth-order valence-electron chi connectivity index (χ4n) is 3.04. The Bertz CT molecular complexity index is 724. The number of fused-ring (bicyclic) bond motifs is 1. The van der Waals surface area contributed by atoms with Gasteiger partial charge in [-0.3, -0.25) is 0 Å². The number of aliphatic carboxylic acids is 1. The molecule has 1 aromatic heterocycles. The standard InChI is InChI=1S/C15H23N5O2.C2HF3O2/c1-18(2)14-12-3-5-19(6-4-13(12)16-11-17-14)15(21)20-7-9-22-10-8-20;3-2(4,5)1(6)7/h11H,3-10H2,1-2H3;(H,6,7). The third-order valence-corrected chi connectivity index (χ3v) is 4.48. The molecule has 0 radical (unpaired) electrons. The van der Waals surface area contributed by atoms with Gasteiger partial charge in [0.25, 0.3) is 0 Å². The normalized spacial score (nSPS) is 16.9. The van der Waals surface area contributed by atoms with Crippen LogP contribution >= 0.6 is 0 Å². The van der Waals surface area contributed by atoms with Crippen molar-refractivity contribution < 1.29 is 32.6 Å². The molecule has 0 aliphatic carbocycles. The van der Waals surface area contributed by atoms with Gasteiger partial charge in [-0.25, -0.2) is 19.6 Å². The average molecular weight is 419 g/mol. The van der Waals surface area contributed by atoms with E-state index in [1.165, 1.54) is 5.56 Å². The van der Waals surface area contributed by atoms with Crippen LogP contribution in [0, 0.1) is 0 Å². The van der Waals surface area contributed by atoms with Crippen molar-refractivity contribution in [3.8, 4) is 0 Å². The number of carbonyl (C=O) groups excluding carboxylic acids is 1. The summed E-state index contributed by atoms with van der Waals surface area (Å²) in [5, 5.41) is 7.12. The zero-order valence-corrected chi connectivity index (χ0v) is 16.3. The lowest BCUT2D eigenvalue weighted by Gasteiger charge is -2.32. The van der Waals surface area contributed by atoms with Crippen LogP contribution in [-0.2, 0) is 22.4 Å². The maximum atomic E-state index is 12.6. The molecule has 2 aliphatic rings. The summed E-state index contributed by atoms with van der Waals surface area (Å²) in [6, 6.07) is 0.121. The molecule has 9 nitrogen and oxygen atoms in total. The molecule has 1 N–H and O–H groups in total. The summed E-state index contributed by atoms with van der Waals surface area (Å²) in [4.78, 5) is 36.2. The molecule has 2 aliphatic heterocycles. The number of morpholine rings is 1. The molecule has 0 bridgehead atoms. The Morgan fingerprint density at radius 3 is 2.17 bits per heavy atom. The predicted octanol–water partition coefficient (Wildman–Crippen LogP) is 1.03. The number of ether oxygens (including phenoxy) is 1. The zero-order valence-electron chi connectivity index (χ0n) is 16.3. The van der Waals surface area contributed by atoms with Crippen molar-refractivity contribution in [2.45, 2.75) is 19.0 Å². The minimum absolute atomic E-state index is 0.121. The summed E-state index contributed by atoms with van der Waals surface area (Å²) in [6.07, 6.45) is -1.87. The fourth-order valence-corrected chi connectivity index (χ4v) is 3.04. The minimum Gasteiger partial charge on any atom is -0.475 e. The number of hydrogen-bond acceptors (Lipinski definition) is 6. The lowest BCUT2D eigenvalue weighted by atomic mass is 10.1. The lowest BCUT2D eigenvalue weighted by molar-refractivity contribution is -0.192. The van der Waals surface area contributed by atoms with E-state index in [9.17, 15) is 18.0 Å². The largest absolute Gasteiger partial charge is 0.490 e. The fraction of sp³-hybridized carbons (Fsp3) is 0.647. The molecule has 0 saturated carbocycles. The van der Waals surface area contributed by atoms with Crippen LogP contribution in [0.4, 0.5) is 23.8 Å². The number of anilines is 1. The summed E-state index contributed by atoms with van der Waals surface area (Å²) in [6.45, 7) is 4.08. The quantitative estimate of drug-likeness (QED) is 0.726. The first-order valence-electron chi connectivity index (χ1n) is 9.03. The van der Waals surface area contributed by atoms with Gasteiger partial charge in [0.1, 0.15) is 12.1 Å². The van der Waals surface area contributed by atoms with Crippen molar-refractivity contribution >= 4 is 17.8 Å². The van der Waals surface area contributed by atoms with Crippen molar-refractivity contribution in [3.63, 3.8) is 0 Å². The number of alkyl halides is 3. The molecular weight excluding hydrogens is 395 g/mol. The first kappa shape index (κ1) is 22.7. The van der Waals surface area contributed by atoms with Crippen molar-refractivity contribution in [1.82, 2.24) is 19.8 Å². The Morgan fingerprint density at radius 1 is 1.07 bits per heavy atom. The molecule has 29 heavy (non-hydrogen) atoms. The first-order chi connectivity index (χ1) is 13.6. The van der Waals surface area contributed by atoms with Gasteiger partial charge in [-0.05, 0) is 6.42 Å². The smallest absolute Gasteiger partial charge is 0.475 e. The lowest BCUT2D eigenvalue weighted by Crippen LogP contribution is -2.48. The number of carbonyl (C=O) groups is 2. The Balaban J connectivity index is 0.000000370. The Labute approximate surface area is 166 Å². The van der Waals surface area contributed by atoms with Gasteiger partial charge in [-0.15, -0.1) is 0 Å². The van der Waals surface area contributed by atoms with Crippen LogP contribution in [0.2, 0.25) is 0 Å². The number of nitrogens with zero attached hydrogens (tertiary/aromatic N) is 5. The van der Waals surface area contributed by atoms with E-state index >= 15 is 0 Å². The SMILES string of the molecule is CN(C)c1ncnc2c1CCN(C(=O)N1CCOCC1)CC2.O=C(O)C(F)(F)F. The van der Waals surface area contributed by atoms with Gasteiger partial charge in [0.15, 0.2) is 0 Å². The van der Waals surface area contributed by atoms with E-state index in [1.807, 2.05) is 28.8 Å². The van der Waals surface area contributed by atoms with Crippen LogP contribution < -0.4 is 4.90 Å². The number of hydrogen-bond donors (Lipinski definition) is 1. The van der Waals surface area contributed by atoms with Gasteiger partial charge >= 0.3 is 18.2 Å². The molecule has 3 rings (SSSR count). The minimum atomic E-state index is -5.08. The van der Waals surface area contributed by atoms with Gasteiger partial charge in [0, 0.05) is 52.3 Å². The number of aromatic nitrogens is 2. The highest BCUT2D eigenvalue weighted by Crippen LogP contribution is 2.22. The number of amides is 2. The maximum absolute atomic E-state index is 12.6. The number of halogens is 3. The summed E-state index contributed by atoms with van der Waals surface area (Å²) in [7, 11) is 3.98. The van der Waals surface area contributed by atoms with E-state index in [-0.39, 0.29) is 6.03 Å². The van der Waals surface area contributed by atoms with E-state index < -0.39 is 12.1 Å². The highest BCUT2D eigenvalue weighted by Gasteiger charge is 2.38. The monoisotopic (exact) mass is 419 g/mol. The maximum Gasteiger partial charge on any atom is 0.490 e. The van der Waals surface area contributed by atoms with Crippen LogP contribution in [0.3, 0.4) is 0 Å². The third-order valence-electron chi connectivity index (χ3n) is 4.48. The predicted molar refractivity (Wildman–Crippen MR) is 96.8 cm³/mol. The second-order valence-electron chi connectivity index (χ2n) is 6.69. The molecule has 3 heterocycles. The molecule has 1 aromatic rings. The Kier molecular flexibility index (Phi) is 7.59. The summed E-state index contributed by atoms with van der Waals surface area (Å²) >= 11 is 0. The topological polar surface area (TPSA) is 99.1 Å². The summed E-state index contributed by atoms with van der Waals surface area (Å²) in [5.74, 6) is -1.79. The van der Waals surface area contributed by atoms with Gasteiger partial charge < -0.3 is 24.5 Å². The van der Waals surface area contributed by atoms with Gasteiger partial charge in [-0.1, -0.05) is 0 Å². The zero-order chi connectivity index (χ0) is 21.6. The third kappa shape index (κ3) is 6.17. The van der Waals surface area contributed by atoms with E-state index in [2.05, 4.69) is 9.97 Å². The Hall–Kier alpha value is -2.63. The second-order valence-corrected chi connectivity index (χ2v) is 6.69. The summed E-state index contributed by atoms with van der Waals surface area (Å²) < 4.78 is 37.1. The van der Waals surface area contributed by atoms with Gasteiger partial charge in [-0.2, -0.15) is 13.2 Å². The van der Waals surface area contributed by atoms with Crippen molar-refractivity contribution in [1.29, 1.82) is 0 Å². The molecule has 0 unspecified atom stereocenters. The van der Waals surface area contributed by atoms with Crippen molar-refractivity contribution in [2.75, 3.05) is 58.4 Å². The van der Waals surface area contributed by atoms with Crippen molar-refractivity contribution in [3.05, 3.63) is 17.6 Å². The molecule has 0 atom stereocenters. The van der Waals surface area contributed by atoms with E-state index in [0.29, 0.717) is 32.8 Å². The van der Waals surface area contributed by atoms with Gasteiger partial charge in [0.2, 0.25) is 0 Å². The highest BCUT2D eigenvalue weighted by molar-refractivity contribution is 5.75. The molecule has 1 saturated heterocycles. The Morgan fingerprint density at radius 2 is 1.62 bits per heavy atom. The number of carboxylic acids is 1. The molecule has 0 spiro atoms.